The van der Waals surface area contributed by atoms with Crippen LogP contribution in [0.15, 0.2) is 29.4 Å². The minimum Gasteiger partial charge on any atom is -0.481 e. The smallest absolute Gasteiger partial charge is 0.303 e. The number of benzene rings is 1. The molecule has 1 aliphatic rings. The van der Waals surface area contributed by atoms with E-state index in [0.717, 1.165) is 24.3 Å². The molecule has 120 valence electrons. The zero-order valence-electron chi connectivity index (χ0n) is 13.0. The summed E-state index contributed by atoms with van der Waals surface area (Å²) < 4.78 is 0. The first kappa shape index (κ1) is 16.7. The summed E-state index contributed by atoms with van der Waals surface area (Å²) in [6.07, 6.45) is 7.78. The van der Waals surface area contributed by atoms with Crippen molar-refractivity contribution >= 4 is 5.97 Å². The Bertz CT molecular complexity index is 476. The lowest BCUT2D eigenvalue weighted by Crippen LogP contribution is -2.17. The highest BCUT2D eigenvalue weighted by Crippen LogP contribution is 2.32. The maximum absolute atomic E-state index is 10.6. The molecule has 0 atom stereocenters. The summed E-state index contributed by atoms with van der Waals surface area (Å²) in [5.41, 5.74) is 2.44. The van der Waals surface area contributed by atoms with Crippen LogP contribution in [0, 0.1) is 16.7 Å². The SMILES string of the molecule is O=NCCC1CCC(Cc2ccc(CCC(=O)O)cc2)CC1. The topological polar surface area (TPSA) is 66.7 Å². The number of rotatable bonds is 8. The van der Waals surface area contributed by atoms with Gasteiger partial charge in [0.25, 0.3) is 0 Å². The van der Waals surface area contributed by atoms with E-state index in [0.29, 0.717) is 18.9 Å². The fourth-order valence-corrected chi connectivity index (χ4v) is 3.39. The molecule has 4 nitrogen and oxygen atoms in total. The van der Waals surface area contributed by atoms with Crippen molar-refractivity contribution in [3.63, 3.8) is 0 Å². The molecule has 1 aromatic carbocycles. The third-order valence-electron chi connectivity index (χ3n) is 4.77. The molecule has 1 N–H and O–H groups in total. The first-order valence-electron chi connectivity index (χ1n) is 8.26. The van der Waals surface area contributed by atoms with Crippen molar-refractivity contribution < 1.29 is 9.90 Å². The van der Waals surface area contributed by atoms with Crippen LogP contribution in [0.25, 0.3) is 0 Å². The van der Waals surface area contributed by atoms with Crippen LogP contribution in [0.2, 0.25) is 0 Å². The number of nitrogens with zero attached hydrogens (tertiary/aromatic N) is 1. The summed E-state index contributed by atoms with van der Waals surface area (Å²) in [4.78, 5) is 20.8. The van der Waals surface area contributed by atoms with Crippen molar-refractivity contribution in [2.45, 2.75) is 51.4 Å². The van der Waals surface area contributed by atoms with E-state index in [1.54, 1.807) is 0 Å². The van der Waals surface area contributed by atoms with Crippen LogP contribution in [-0.2, 0) is 17.6 Å². The molecule has 4 heteroatoms. The molecule has 1 aromatic rings. The molecule has 22 heavy (non-hydrogen) atoms. The van der Waals surface area contributed by atoms with Gasteiger partial charge in [0.05, 0.1) is 6.54 Å². The number of carboxylic acid groups (broad SMARTS) is 1. The van der Waals surface area contributed by atoms with Crippen molar-refractivity contribution in [2.24, 2.45) is 17.0 Å². The molecule has 2 rings (SSSR count). The monoisotopic (exact) mass is 303 g/mol. The Kier molecular flexibility index (Phi) is 6.56. The van der Waals surface area contributed by atoms with Crippen LogP contribution in [0.1, 0.15) is 49.7 Å². The molecule has 0 unspecified atom stereocenters. The number of hydrogen-bond donors (Lipinski definition) is 1. The van der Waals surface area contributed by atoms with E-state index < -0.39 is 5.97 Å². The van der Waals surface area contributed by atoms with E-state index in [-0.39, 0.29) is 6.42 Å². The fourth-order valence-electron chi connectivity index (χ4n) is 3.39. The van der Waals surface area contributed by atoms with Crippen LogP contribution in [0.4, 0.5) is 0 Å². The predicted octanol–water partition coefficient (Wildman–Crippen LogP) is 4.21. The summed E-state index contributed by atoms with van der Waals surface area (Å²) in [6, 6.07) is 8.39. The lowest BCUT2D eigenvalue weighted by molar-refractivity contribution is -0.136. The van der Waals surface area contributed by atoms with Gasteiger partial charge in [-0.3, -0.25) is 4.79 Å². The molecule has 0 aliphatic heterocycles. The Balaban J connectivity index is 1.75. The number of aryl methyl sites for hydroxylation is 1. The average molecular weight is 303 g/mol. The van der Waals surface area contributed by atoms with Crippen LogP contribution in [-0.4, -0.2) is 17.6 Å². The van der Waals surface area contributed by atoms with Crippen LogP contribution >= 0.6 is 0 Å². The van der Waals surface area contributed by atoms with Gasteiger partial charge in [-0.05, 0) is 55.1 Å². The molecule has 0 aromatic heterocycles. The maximum atomic E-state index is 10.6. The number of nitroso groups, excluding NO2 is 1. The maximum Gasteiger partial charge on any atom is 0.303 e. The Morgan fingerprint density at radius 3 is 2.23 bits per heavy atom. The Morgan fingerprint density at radius 1 is 1.05 bits per heavy atom. The first-order valence-corrected chi connectivity index (χ1v) is 8.26. The van der Waals surface area contributed by atoms with Crippen LogP contribution in [0.5, 0.6) is 0 Å². The Labute approximate surface area is 131 Å². The summed E-state index contributed by atoms with van der Waals surface area (Å²) >= 11 is 0. The summed E-state index contributed by atoms with van der Waals surface area (Å²) in [5, 5.41) is 11.7. The number of carbonyl (C=O) groups is 1. The molecule has 0 saturated heterocycles. The third-order valence-corrected chi connectivity index (χ3v) is 4.77. The van der Waals surface area contributed by atoms with Gasteiger partial charge in [0, 0.05) is 6.42 Å². The van der Waals surface area contributed by atoms with Gasteiger partial charge in [0.1, 0.15) is 0 Å². The van der Waals surface area contributed by atoms with E-state index in [1.165, 1.54) is 31.2 Å². The van der Waals surface area contributed by atoms with Gasteiger partial charge in [-0.1, -0.05) is 42.3 Å². The van der Waals surface area contributed by atoms with E-state index in [1.807, 2.05) is 0 Å². The molecule has 0 heterocycles. The quantitative estimate of drug-likeness (QED) is 0.731. The third kappa shape index (κ3) is 5.58. The second-order valence-corrected chi connectivity index (χ2v) is 6.44. The number of aliphatic carboxylic acids is 1. The largest absolute Gasteiger partial charge is 0.481 e. The first-order chi connectivity index (χ1) is 10.7. The zero-order chi connectivity index (χ0) is 15.8. The molecular weight excluding hydrogens is 278 g/mol. The Hall–Kier alpha value is -1.71. The molecule has 0 spiro atoms. The normalized spacial score (nSPS) is 21.5. The highest BCUT2D eigenvalue weighted by atomic mass is 16.4. The molecule has 0 bridgehead atoms. The lowest BCUT2D eigenvalue weighted by Gasteiger charge is -2.28. The molecular formula is C18H25NO3. The highest BCUT2D eigenvalue weighted by molar-refractivity contribution is 5.67. The molecule has 1 fully saturated rings. The average Bonchev–Trinajstić information content (AvgIpc) is 2.53. The van der Waals surface area contributed by atoms with Gasteiger partial charge < -0.3 is 5.11 Å². The molecule has 0 radical (unpaired) electrons. The van der Waals surface area contributed by atoms with E-state index in [4.69, 9.17) is 5.11 Å². The lowest BCUT2D eigenvalue weighted by atomic mass is 9.78. The van der Waals surface area contributed by atoms with Gasteiger partial charge in [-0.2, -0.15) is 4.91 Å². The van der Waals surface area contributed by atoms with E-state index >= 15 is 0 Å². The van der Waals surface area contributed by atoms with Gasteiger partial charge in [-0.15, -0.1) is 0 Å². The number of hydrogen-bond acceptors (Lipinski definition) is 3. The molecule has 1 aliphatic carbocycles. The van der Waals surface area contributed by atoms with E-state index in [2.05, 4.69) is 29.4 Å². The summed E-state index contributed by atoms with van der Waals surface area (Å²) in [6.45, 7) is 0.465. The zero-order valence-corrected chi connectivity index (χ0v) is 13.0. The second kappa shape index (κ2) is 8.66. The predicted molar refractivity (Wildman–Crippen MR) is 86.8 cm³/mol. The van der Waals surface area contributed by atoms with Gasteiger partial charge in [0.2, 0.25) is 0 Å². The Morgan fingerprint density at radius 2 is 1.64 bits per heavy atom. The fraction of sp³-hybridized carbons (Fsp3) is 0.611. The van der Waals surface area contributed by atoms with Crippen molar-refractivity contribution in [1.29, 1.82) is 0 Å². The number of carboxylic acids is 1. The van der Waals surface area contributed by atoms with Crippen molar-refractivity contribution in [3.05, 3.63) is 40.3 Å². The standard InChI is InChI=1S/C18H25NO3/c20-18(21)10-9-14-1-5-16(6-2-14)13-17-7-3-15(4-8-17)11-12-19-22/h1-2,5-6,15,17H,3-4,7-13H2,(H,20,21). The molecule has 1 saturated carbocycles. The van der Waals surface area contributed by atoms with Crippen LogP contribution in [0.3, 0.4) is 0 Å². The van der Waals surface area contributed by atoms with Gasteiger partial charge in [-0.25, -0.2) is 0 Å². The second-order valence-electron chi connectivity index (χ2n) is 6.44. The van der Waals surface area contributed by atoms with Crippen molar-refractivity contribution in [3.8, 4) is 0 Å². The van der Waals surface area contributed by atoms with Gasteiger partial charge in [0.15, 0.2) is 0 Å². The van der Waals surface area contributed by atoms with Crippen molar-refractivity contribution in [2.75, 3.05) is 6.54 Å². The molecule has 0 amide bonds. The van der Waals surface area contributed by atoms with Gasteiger partial charge >= 0.3 is 5.97 Å². The summed E-state index contributed by atoms with van der Waals surface area (Å²) in [7, 11) is 0. The summed E-state index contributed by atoms with van der Waals surface area (Å²) in [5.74, 6) is 0.684. The highest BCUT2D eigenvalue weighted by Gasteiger charge is 2.21. The van der Waals surface area contributed by atoms with Crippen LogP contribution < -0.4 is 0 Å². The van der Waals surface area contributed by atoms with E-state index in [9.17, 15) is 9.70 Å². The minimum atomic E-state index is -0.745. The minimum absolute atomic E-state index is 0.193. The van der Waals surface area contributed by atoms with Crippen molar-refractivity contribution in [1.82, 2.24) is 0 Å².